The molecule has 0 fully saturated rings. The van der Waals surface area contributed by atoms with E-state index in [1.165, 1.54) is 0 Å². The summed E-state index contributed by atoms with van der Waals surface area (Å²) in [6, 6.07) is 14.4. The highest BCUT2D eigenvalue weighted by Crippen LogP contribution is 2.47. The first-order valence-corrected chi connectivity index (χ1v) is 16.1. The van der Waals surface area contributed by atoms with Gasteiger partial charge in [-0.3, -0.25) is 9.59 Å². The number of fused-ring (bicyclic) bond motifs is 5. The van der Waals surface area contributed by atoms with Crippen molar-refractivity contribution >= 4 is 30.9 Å². The van der Waals surface area contributed by atoms with Crippen molar-refractivity contribution in [3.63, 3.8) is 0 Å². The second-order valence-electron chi connectivity index (χ2n) is 10.6. The highest BCUT2D eigenvalue weighted by molar-refractivity contribution is 6.78. The lowest BCUT2D eigenvalue weighted by Gasteiger charge is -2.43. The summed E-state index contributed by atoms with van der Waals surface area (Å²) in [5, 5.41) is 10.0. The lowest BCUT2D eigenvalue weighted by Crippen LogP contribution is -2.54. The van der Waals surface area contributed by atoms with Crippen LogP contribution in [0, 0.1) is 11.3 Å². The van der Waals surface area contributed by atoms with E-state index >= 15 is 0 Å². The van der Waals surface area contributed by atoms with Crippen LogP contribution in [-0.4, -0.2) is 36.1 Å². The molecule has 38 heavy (non-hydrogen) atoms. The van der Waals surface area contributed by atoms with Crippen molar-refractivity contribution in [1.82, 2.24) is 9.55 Å². The van der Waals surface area contributed by atoms with Crippen molar-refractivity contribution < 1.29 is 19.1 Å². The zero-order valence-electron chi connectivity index (χ0n) is 21.7. The average molecular weight is 531 g/mol. The maximum absolute atomic E-state index is 14.3. The number of benzene rings is 1. The Balaban J connectivity index is 1.76. The predicted octanol–water partition coefficient (Wildman–Crippen LogP) is 3.68. The van der Waals surface area contributed by atoms with Crippen molar-refractivity contribution in [3.8, 4) is 17.5 Å². The third-order valence-corrected chi connectivity index (χ3v) is 11.2. The summed E-state index contributed by atoms with van der Waals surface area (Å²) in [5.41, 5.74) is 6.38. The SMILES string of the molecule is CCC1(OC(=O)CN)C(=O)OC([Si](C)(C)CCCC#N)c2c1cc1n(c2=O)Cc2cc3ccccc3nc2-1. The Morgan fingerprint density at radius 3 is 2.79 bits per heavy atom. The quantitative estimate of drug-likeness (QED) is 0.217. The topological polar surface area (TPSA) is 137 Å². The normalized spacial score (nSPS) is 19.8. The molecule has 5 rings (SSSR count). The summed E-state index contributed by atoms with van der Waals surface area (Å²) in [7, 11) is -2.43. The molecule has 0 amide bonds. The molecule has 1 aromatic carbocycles. The number of cyclic esters (lactones) is 1. The maximum atomic E-state index is 14.3. The zero-order valence-corrected chi connectivity index (χ0v) is 22.7. The van der Waals surface area contributed by atoms with Gasteiger partial charge in [-0.15, -0.1) is 0 Å². The Morgan fingerprint density at radius 1 is 1.32 bits per heavy atom. The van der Waals surface area contributed by atoms with Gasteiger partial charge in [0.05, 0.1) is 41.6 Å². The second-order valence-corrected chi connectivity index (χ2v) is 15.6. The molecule has 4 heterocycles. The minimum Gasteiger partial charge on any atom is -0.458 e. The van der Waals surface area contributed by atoms with Crippen molar-refractivity contribution in [2.24, 2.45) is 5.73 Å². The molecule has 3 aromatic rings. The minimum absolute atomic E-state index is 0.0780. The number of carbonyl (C=O) groups is 2. The highest BCUT2D eigenvalue weighted by Gasteiger charge is 2.56. The monoisotopic (exact) mass is 530 g/mol. The highest BCUT2D eigenvalue weighted by atomic mass is 28.3. The van der Waals surface area contributed by atoms with E-state index in [-0.39, 0.29) is 12.0 Å². The number of aromatic nitrogens is 2. The molecule has 2 unspecified atom stereocenters. The average Bonchev–Trinajstić information content (AvgIpc) is 3.26. The van der Waals surface area contributed by atoms with Crippen LogP contribution in [0.3, 0.4) is 0 Å². The predicted molar refractivity (Wildman–Crippen MR) is 144 cm³/mol. The van der Waals surface area contributed by atoms with Gasteiger partial charge in [-0.25, -0.2) is 9.78 Å². The number of pyridine rings is 2. The van der Waals surface area contributed by atoms with E-state index in [4.69, 9.17) is 25.5 Å². The largest absolute Gasteiger partial charge is 0.458 e. The zero-order chi connectivity index (χ0) is 27.2. The molecule has 2 atom stereocenters. The van der Waals surface area contributed by atoms with Crippen molar-refractivity contribution in [2.75, 3.05) is 6.54 Å². The maximum Gasteiger partial charge on any atom is 0.355 e. The van der Waals surface area contributed by atoms with E-state index in [2.05, 4.69) is 19.2 Å². The van der Waals surface area contributed by atoms with Gasteiger partial charge < -0.3 is 19.8 Å². The van der Waals surface area contributed by atoms with E-state index in [0.29, 0.717) is 47.9 Å². The fraction of sp³-hybridized carbons (Fsp3) is 0.393. The number of nitrogens with two attached hydrogens (primary N) is 1. The molecule has 9 nitrogen and oxygen atoms in total. The first-order valence-electron chi connectivity index (χ1n) is 12.8. The molecule has 2 aliphatic heterocycles. The standard InChI is InChI=1S/C28H30N4O5Si/c1-4-28(37-22(33)15-30)19-14-21-24-18(13-17-9-5-6-10-20(17)31-24)16-32(21)25(34)23(19)26(36-27(28)35)38(2,3)12-8-7-11-29/h5-6,9-10,13-14,26H,4,7-8,12,15-16,30H2,1-3H3. The molecule has 2 aromatic heterocycles. The minimum atomic E-state index is -2.43. The van der Waals surface area contributed by atoms with E-state index in [1.54, 1.807) is 17.6 Å². The van der Waals surface area contributed by atoms with E-state index in [1.807, 2.05) is 30.3 Å². The summed E-state index contributed by atoms with van der Waals surface area (Å²) < 4.78 is 13.4. The van der Waals surface area contributed by atoms with Gasteiger partial charge in [-0.2, -0.15) is 5.26 Å². The number of esters is 2. The van der Waals surface area contributed by atoms with Crippen LogP contribution in [0.1, 0.15) is 48.6 Å². The molecule has 0 aliphatic carbocycles. The van der Waals surface area contributed by atoms with Crippen LogP contribution in [0.5, 0.6) is 0 Å². The van der Waals surface area contributed by atoms with Gasteiger partial charge in [0.2, 0.25) is 5.60 Å². The van der Waals surface area contributed by atoms with Gasteiger partial charge >= 0.3 is 11.9 Å². The molecule has 10 heteroatoms. The van der Waals surface area contributed by atoms with Crippen LogP contribution in [0.25, 0.3) is 22.3 Å². The number of nitriles is 1. The lowest BCUT2D eigenvalue weighted by molar-refractivity contribution is -0.189. The van der Waals surface area contributed by atoms with Crippen molar-refractivity contribution in [3.05, 3.63) is 63.4 Å². The Bertz CT molecular complexity index is 1570. The van der Waals surface area contributed by atoms with Crippen molar-refractivity contribution in [2.45, 2.75) is 63.2 Å². The Labute approximate surface area is 221 Å². The summed E-state index contributed by atoms with van der Waals surface area (Å²) in [6.07, 6.45) is 1.11. The van der Waals surface area contributed by atoms with Gasteiger partial charge in [0.1, 0.15) is 13.8 Å². The van der Waals surface area contributed by atoms with E-state index in [9.17, 15) is 14.4 Å². The second kappa shape index (κ2) is 9.49. The fourth-order valence-corrected chi connectivity index (χ4v) is 8.53. The molecule has 0 spiro atoms. The van der Waals surface area contributed by atoms with Crippen LogP contribution < -0.4 is 11.3 Å². The lowest BCUT2D eigenvalue weighted by atomic mass is 9.85. The number of rotatable bonds is 7. The molecule has 2 aliphatic rings. The third kappa shape index (κ3) is 3.94. The van der Waals surface area contributed by atoms with E-state index < -0.39 is 37.9 Å². The Morgan fingerprint density at radius 2 is 2.08 bits per heavy atom. The third-order valence-electron chi connectivity index (χ3n) is 7.74. The molecule has 196 valence electrons. The van der Waals surface area contributed by atoms with Gasteiger partial charge in [-0.1, -0.05) is 44.3 Å². The Hall–Kier alpha value is -3.81. The van der Waals surface area contributed by atoms with Gasteiger partial charge in [0, 0.05) is 22.9 Å². The summed E-state index contributed by atoms with van der Waals surface area (Å²) in [4.78, 5) is 45.2. The number of hydrogen-bond acceptors (Lipinski definition) is 8. The fourth-order valence-electron chi connectivity index (χ4n) is 5.69. The van der Waals surface area contributed by atoms with Gasteiger partial charge in [-0.05, 0) is 31.0 Å². The smallest absolute Gasteiger partial charge is 0.355 e. The molecule has 0 bridgehead atoms. The van der Waals surface area contributed by atoms with Crippen LogP contribution >= 0.6 is 0 Å². The van der Waals surface area contributed by atoms with Crippen LogP contribution in [0.15, 0.2) is 41.2 Å². The van der Waals surface area contributed by atoms with Gasteiger partial charge in [0.25, 0.3) is 5.56 Å². The Kier molecular flexibility index (Phi) is 6.45. The number of para-hydroxylation sites is 1. The van der Waals surface area contributed by atoms with Crippen LogP contribution in [0.2, 0.25) is 19.1 Å². The molecule has 0 saturated carbocycles. The molecular weight excluding hydrogens is 500 g/mol. The van der Waals surface area contributed by atoms with Gasteiger partial charge in [0.15, 0.2) is 0 Å². The molecule has 0 saturated heterocycles. The number of hydrogen-bond donors (Lipinski definition) is 1. The van der Waals surface area contributed by atoms with E-state index in [0.717, 1.165) is 16.5 Å². The van der Waals surface area contributed by atoms with Crippen LogP contribution in [0.4, 0.5) is 0 Å². The number of unbranched alkanes of at least 4 members (excludes halogenated alkanes) is 1. The summed E-state index contributed by atoms with van der Waals surface area (Å²) in [5.74, 6) is -1.46. The molecular formula is C28H30N4O5Si. The number of ether oxygens (including phenoxy) is 2. The molecule has 0 radical (unpaired) electrons. The summed E-state index contributed by atoms with van der Waals surface area (Å²) >= 11 is 0. The first-order chi connectivity index (χ1) is 18.2. The summed E-state index contributed by atoms with van der Waals surface area (Å²) in [6.45, 7) is 5.75. The van der Waals surface area contributed by atoms with Crippen LogP contribution in [-0.2, 0) is 31.2 Å². The molecule has 2 N–H and O–H groups in total. The number of carbonyl (C=O) groups excluding carboxylic acids is 2. The number of nitrogens with zero attached hydrogens (tertiary/aromatic N) is 3. The van der Waals surface area contributed by atoms with Crippen molar-refractivity contribution in [1.29, 1.82) is 5.26 Å². The first kappa shape index (κ1) is 25.8.